The Labute approximate surface area is 239 Å². The zero-order valence-corrected chi connectivity index (χ0v) is 23.1. The van der Waals surface area contributed by atoms with Crippen molar-refractivity contribution in [2.24, 2.45) is 0 Å². The molecule has 0 saturated carbocycles. The molecule has 41 heavy (non-hydrogen) atoms. The number of rotatable bonds is 10. The first kappa shape index (κ1) is 27.7. The summed E-state index contributed by atoms with van der Waals surface area (Å²) in [6.07, 6.45) is 0.786. The molecule has 5 rings (SSSR count). The van der Waals surface area contributed by atoms with Gasteiger partial charge in [-0.15, -0.1) is 0 Å². The Hall–Kier alpha value is -4.85. The minimum Gasteiger partial charge on any atom is -0.493 e. The molecule has 8 nitrogen and oxygen atoms in total. The first-order chi connectivity index (χ1) is 20.1. The minimum absolute atomic E-state index is 0.165. The molecule has 1 amide bonds. The van der Waals surface area contributed by atoms with Gasteiger partial charge in [0.1, 0.15) is 12.6 Å². The molecule has 0 aliphatic carbocycles. The summed E-state index contributed by atoms with van der Waals surface area (Å²) in [5.41, 5.74) is 3.31. The average Bonchev–Trinajstić information content (AvgIpc) is 3.03. The Morgan fingerprint density at radius 3 is 2.37 bits per heavy atom. The number of pyridine rings is 1. The van der Waals surface area contributed by atoms with E-state index >= 15 is 0 Å². The van der Waals surface area contributed by atoms with Crippen LogP contribution in [0.5, 0.6) is 17.4 Å². The topological polar surface area (TPSA) is 87.2 Å². The fraction of sp³-hybridized carbons (Fsp3) is 0.242. The van der Waals surface area contributed by atoms with Gasteiger partial charge in [0, 0.05) is 36.4 Å². The Kier molecular flexibility index (Phi) is 8.79. The van der Waals surface area contributed by atoms with E-state index in [2.05, 4.69) is 4.98 Å². The molecule has 0 bridgehead atoms. The summed E-state index contributed by atoms with van der Waals surface area (Å²) < 4.78 is 23.5. The summed E-state index contributed by atoms with van der Waals surface area (Å²) in [4.78, 5) is 33.4. The van der Waals surface area contributed by atoms with E-state index in [-0.39, 0.29) is 25.5 Å². The Morgan fingerprint density at radius 1 is 0.951 bits per heavy atom. The first-order valence-corrected chi connectivity index (χ1v) is 13.5. The molecular formula is C33H32N2O6. The first-order valence-electron chi connectivity index (χ1n) is 13.5. The van der Waals surface area contributed by atoms with Crippen molar-refractivity contribution in [3.05, 3.63) is 119 Å². The second-order valence-electron chi connectivity index (χ2n) is 9.52. The fourth-order valence-corrected chi connectivity index (χ4v) is 4.92. The van der Waals surface area contributed by atoms with Crippen LogP contribution >= 0.6 is 0 Å². The zero-order chi connectivity index (χ0) is 28.6. The SMILES string of the molecule is CCOC(=O)[C@@H]1Cc2c(ccc(OC)c2OCc2ccccc2)CN1C(=O)[C@@H](Oc1ccccn1)c1ccccc1. The Bertz CT molecular complexity index is 1460. The van der Waals surface area contributed by atoms with Gasteiger partial charge in [0.25, 0.3) is 5.91 Å². The summed E-state index contributed by atoms with van der Waals surface area (Å²) >= 11 is 0. The quantitative estimate of drug-likeness (QED) is 0.247. The molecule has 210 valence electrons. The number of carbonyl (C=O) groups excluding carboxylic acids is 2. The molecule has 8 heteroatoms. The van der Waals surface area contributed by atoms with Gasteiger partial charge in [-0.05, 0) is 30.2 Å². The third-order valence-electron chi connectivity index (χ3n) is 6.93. The number of benzene rings is 3. The lowest BCUT2D eigenvalue weighted by Gasteiger charge is -2.38. The second-order valence-corrected chi connectivity index (χ2v) is 9.52. The van der Waals surface area contributed by atoms with E-state index in [0.717, 1.165) is 16.7 Å². The number of hydrogen-bond acceptors (Lipinski definition) is 7. The van der Waals surface area contributed by atoms with Crippen LogP contribution in [0.2, 0.25) is 0 Å². The van der Waals surface area contributed by atoms with Crippen LogP contribution in [0.25, 0.3) is 0 Å². The van der Waals surface area contributed by atoms with E-state index in [1.165, 1.54) is 4.90 Å². The van der Waals surface area contributed by atoms with Crippen molar-refractivity contribution >= 4 is 11.9 Å². The van der Waals surface area contributed by atoms with Crippen molar-refractivity contribution in [2.75, 3.05) is 13.7 Å². The smallest absolute Gasteiger partial charge is 0.329 e. The van der Waals surface area contributed by atoms with Crippen LogP contribution in [0.4, 0.5) is 0 Å². The molecule has 0 fully saturated rings. The zero-order valence-electron chi connectivity index (χ0n) is 23.1. The van der Waals surface area contributed by atoms with Gasteiger partial charge >= 0.3 is 5.97 Å². The highest BCUT2D eigenvalue weighted by molar-refractivity contribution is 5.89. The average molecular weight is 553 g/mol. The highest BCUT2D eigenvalue weighted by Gasteiger charge is 2.41. The molecule has 2 heterocycles. The molecule has 0 spiro atoms. The predicted octanol–water partition coefficient (Wildman–Crippen LogP) is 5.31. The van der Waals surface area contributed by atoms with Crippen molar-refractivity contribution in [3.63, 3.8) is 0 Å². The number of hydrogen-bond donors (Lipinski definition) is 0. The highest BCUT2D eigenvalue weighted by atomic mass is 16.5. The Balaban J connectivity index is 1.51. The summed E-state index contributed by atoms with van der Waals surface area (Å²) in [6.45, 7) is 2.42. The molecule has 1 aromatic heterocycles. The van der Waals surface area contributed by atoms with Crippen LogP contribution < -0.4 is 14.2 Å². The summed E-state index contributed by atoms with van der Waals surface area (Å²) in [5.74, 6) is 0.560. The van der Waals surface area contributed by atoms with Crippen molar-refractivity contribution in [1.82, 2.24) is 9.88 Å². The molecule has 4 aromatic rings. The predicted molar refractivity (Wildman–Crippen MR) is 152 cm³/mol. The number of fused-ring (bicyclic) bond motifs is 1. The molecule has 1 aliphatic heterocycles. The molecule has 0 unspecified atom stereocenters. The number of methoxy groups -OCH3 is 1. The standard InChI is InChI=1S/C33H32N2O6/c1-3-39-33(37)27-20-26-25(17-18-28(38-2)31(26)40-22-23-12-6-4-7-13-23)21-35(27)32(36)30(24-14-8-5-9-15-24)41-29-16-10-11-19-34-29/h4-19,27,30H,3,20-22H2,1-2H3/t27-,30-/m0/s1. The third-order valence-corrected chi connectivity index (χ3v) is 6.93. The lowest BCUT2D eigenvalue weighted by atomic mass is 9.91. The van der Waals surface area contributed by atoms with Gasteiger partial charge in [-0.1, -0.05) is 72.8 Å². The lowest BCUT2D eigenvalue weighted by Crippen LogP contribution is -2.51. The maximum Gasteiger partial charge on any atom is 0.329 e. The van der Waals surface area contributed by atoms with E-state index in [4.69, 9.17) is 18.9 Å². The van der Waals surface area contributed by atoms with Gasteiger partial charge in [0.05, 0.1) is 13.7 Å². The number of nitrogens with zero attached hydrogens (tertiary/aromatic N) is 2. The number of ether oxygens (including phenoxy) is 4. The van der Waals surface area contributed by atoms with Gasteiger partial charge in [-0.3, -0.25) is 4.79 Å². The minimum atomic E-state index is -1.02. The summed E-state index contributed by atoms with van der Waals surface area (Å²) in [7, 11) is 1.58. The van der Waals surface area contributed by atoms with Crippen molar-refractivity contribution in [3.8, 4) is 17.4 Å². The van der Waals surface area contributed by atoms with Gasteiger partial charge in [-0.25, -0.2) is 9.78 Å². The number of carbonyl (C=O) groups is 2. The summed E-state index contributed by atoms with van der Waals surface area (Å²) in [5, 5.41) is 0. The molecule has 1 aliphatic rings. The van der Waals surface area contributed by atoms with E-state index in [1.807, 2.05) is 72.8 Å². The van der Waals surface area contributed by atoms with Crippen molar-refractivity contribution in [1.29, 1.82) is 0 Å². The van der Waals surface area contributed by atoms with E-state index in [9.17, 15) is 9.59 Å². The molecular weight excluding hydrogens is 520 g/mol. The largest absolute Gasteiger partial charge is 0.493 e. The van der Waals surface area contributed by atoms with Gasteiger partial charge in [0.2, 0.25) is 12.0 Å². The number of aromatic nitrogens is 1. The van der Waals surface area contributed by atoms with Crippen molar-refractivity contribution < 1.29 is 28.5 Å². The van der Waals surface area contributed by atoms with E-state index in [1.54, 1.807) is 38.4 Å². The van der Waals surface area contributed by atoms with E-state index in [0.29, 0.717) is 29.5 Å². The third kappa shape index (κ3) is 6.32. The molecule has 0 saturated heterocycles. The number of amides is 1. The fourth-order valence-electron chi connectivity index (χ4n) is 4.92. The van der Waals surface area contributed by atoms with Crippen LogP contribution in [-0.4, -0.2) is 41.5 Å². The second kappa shape index (κ2) is 13.0. The van der Waals surface area contributed by atoms with Gasteiger partial charge in [-0.2, -0.15) is 0 Å². The monoisotopic (exact) mass is 552 g/mol. The van der Waals surface area contributed by atoms with Crippen LogP contribution in [0, 0.1) is 0 Å². The van der Waals surface area contributed by atoms with Crippen LogP contribution in [0.1, 0.15) is 35.3 Å². The Morgan fingerprint density at radius 2 is 1.68 bits per heavy atom. The van der Waals surface area contributed by atoms with Gasteiger partial charge in [0.15, 0.2) is 11.5 Å². The maximum absolute atomic E-state index is 14.3. The van der Waals surface area contributed by atoms with Crippen LogP contribution in [0.15, 0.2) is 97.2 Å². The van der Waals surface area contributed by atoms with Crippen LogP contribution in [0.3, 0.4) is 0 Å². The summed E-state index contributed by atoms with van der Waals surface area (Å²) in [6, 6.07) is 27.1. The molecule has 0 N–H and O–H groups in total. The normalized spacial score (nSPS) is 14.9. The maximum atomic E-state index is 14.3. The number of esters is 1. The molecule has 2 atom stereocenters. The lowest BCUT2D eigenvalue weighted by molar-refractivity contribution is -0.159. The molecule has 3 aromatic carbocycles. The highest BCUT2D eigenvalue weighted by Crippen LogP contribution is 2.40. The van der Waals surface area contributed by atoms with Crippen molar-refractivity contribution in [2.45, 2.75) is 38.6 Å². The van der Waals surface area contributed by atoms with E-state index < -0.39 is 18.1 Å². The van der Waals surface area contributed by atoms with Gasteiger partial charge < -0.3 is 23.8 Å². The molecule has 0 radical (unpaired) electrons. The van der Waals surface area contributed by atoms with Crippen LogP contribution in [-0.2, 0) is 33.9 Å².